The smallest absolute Gasteiger partial charge is 0.123 e. The third kappa shape index (κ3) is 2.85. The molecule has 0 amide bonds. The van der Waals surface area contributed by atoms with Crippen LogP contribution in [0, 0.1) is 0 Å². The first-order valence-corrected chi connectivity index (χ1v) is 8.60. The van der Waals surface area contributed by atoms with Crippen molar-refractivity contribution in [3.05, 3.63) is 77.3 Å². The summed E-state index contributed by atoms with van der Waals surface area (Å²) < 4.78 is 0.899. The van der Waals surface area contributed by atoms with Crippen molar-refractivity contribution in [1.29, 1.82) is 0 Å². The van der Waals surface area contributed by atoms with Crippen LogP contribution in [-0.2, 0) is 0 Å². The second kappa shape index (κ2) is 6.22. The molecule has 25 heavy (non-hydrogen) atoms. The normalized spacial score (nSPS) is 10.9. The van der Waals surface area contributed by atoms with E-state index in [4.69, 9.17) is 4.98 Å². The number of rotatable bonds is 2. The maximum atomic E-state index is 10.1. The lowest BCUT2D eigenvalue weighted by Gasteiger charge is -2.11. The number of aromatic hydroxyl groups is 2. The molecule has 3 aromatic carbocycles. The molecule has 0 spiro atoms. The number of hydrogen-bond acceptors (Lipinski definition) is 3. The molecule has 0 saturated carbocycles. The Morgan fingerprint density at radius 2 is 1.48 bits per heavy atom. The number of aromatic nitrogens is 1. The standard InChI is InChI=1S/C21H14BrNO2/c22-21-16(15-3-1-2-4-20(15)25)9-12-19-17(21)10-11-18(23-19)13-5-7-14(24)8-6-13/h1-12,24-25H. The van der Waals surface area contributed by atoms with E-state index in [2.05, 4.69) is 15.9 Å². The molecule has 0 atom stereocenters. The summed E-state index contributed by atoms with van der Waals surface area (Å²) >= 11 is 3.66. The molecule has 1 heterocycles. The van der Waals surface area contributed by atoms with Gasteiger partial charge in [-0.15, -0.1) is 0 Å². The molecule has 122 valence electrons. The molecule has 0 unspecified atom stereocenters. The molecule has 4 heteroatoms. The van der Waals surface area contributed by atoms with Crippen LogP contribution in [0.2, 0.25) is 0 Å². The van der Waals surface area contributed by atoms with Gasteiger partial charge in [0.05, 0.1) is 11.2 Å². The number of nitrogens with zero attached hydrogens (tertiary/aromatic N) is 1. The van der Waals surface area contributed by atoms with Crippen molar-refractivity contribution in [2.45, 2.75) is 0 Å². The van der Waals surface area contributed by atoms with Crippen molar-refractivity contribution in [2.75, 3.05) is 0 Å². The van der Waals surface area contributed by atoms with Crippen molar-refractivity contribution in [2.24, 2.45) is 0 Å². The topological polar surface area (TPSA) is 53.4 Å². The zero-order chi connectivity index (χ0) is 17.4. The van der Waals surface area contributed by atoms with Crippen LogP contribution in [0.15, 0.2) is 77.3 Å². The first-order chi connectivity index (χ1) is 12.1. The third-order valence-corrected chi connectivity index (χ3v) is 5.02. The molecular formula is C21H14BrNO2. The van der Waals surface area contributed by atoms with Gasteiger partial charge in [0, 0.05) is 26.5 Å². The highest BCUT2D eigenvalue weighted by molar-refractivity contribution is 9.10. The van der Waals surface area contributed by atoms with E-state index >= 15 is 0 Å². The number of pyridine rings is 1. The van der Waals surface area contributed by atoms with Gasteiger partial charge in [-0.3, -0.25) is 0 Å². The average Bonchev–Trinajstić information content (AvgIpc) is 2.63. The Morgan fingerprint density at radius 3 is 2.24 bits per heavy atom. The largest absolute Gasteiger partial charge is 0.508 e. The first-order valence-electron chi connectivity index (χ1n) is 7.80. The van der Waals surface area contributed by atoms with Gasteiger partial charge in [0.15, 0.2) is 0 Å². The van der Waals surface area contributed by atoms with Gasteiger partial charge >= 0.3 is 0 Å². The lowest BCUT2D eigenvalue weighted by atomic mass is 10.0. The fourth-order valence-electron chi connectivity index (χ4n) is 2.87. The van der Waals surface area contributed by atoms with Gasteiger partial charge in [-0.2, -0.15) is 0 Å². The average molecular weight is 392 g/mol. The summed E-state index contributed by atoms with van der Waals surface area (Å²) in [5, 5.41) is 20.5. The Hall–Kier alpha value is -2.85. The van der Waals surface area contributed by atoms with Crippen LogP contribution in [0.25, 0.3) is 33.3 Å². The van der Waals surface area contributed by atoms with Gasteiger partial charge in [0.25, 0.3) is 0 Å². The Kier molecular flexibility index (Phi) is 3.90. The Morgan fingerprint density at radius 1 is 0.720 bits per heavy atom. The number of benzene rings is 3. The summed E-state index contributed by atoms with van der Waals surface area (Å²) in [4.78, 5) is 4.72. The molecule has 0 fully saturated rings. The molecule has 0 aliphatic heterocycles. The first kappa shape index (κ1) is 15.7. The molecule has 2 N–H and O–H groups in total. The van der Waals surface area contributed by atoms with Crippen LogP contribution in [0.3, 0.4) is 0 Å². The summed E-state index contributed by atoms with van der Waals surface area (Å²) in [7, 11) is 0. The maximum absolute atomic E-state index is 10.1. The van der Waals surface area contributed by atoms with Crippen molar-refractivity contribution >= 4 is 26.8 Å². The number of fused-ring (bicyclic) bond motifs is 1. The van der Waals surface area contributed by atoms with Crippen molar-refractivity contribution in [3.8, 4) is 33.9 Å². The van der Waals surface area contributed by atoms with Crippen LogP contribution < -0.4 is 0 Å². The van der Waals surface area contributed by atoms with Crippen LogP contribution in [-0.4, -0.2) is 15.2 Å². The molecular weight excluding hydrogens is 378 g/mol. The van der Waals surface area contributed by atoms with Gasteiger partial charge in [0.2, 0.25) is 0 Å². The second-order valence-electron chi connectivity index (χ2n) is 5.75. The fourth-order valence-corrected chi connectivity index (χ4v) is 3.55. The number of halogens is 1. The second-order valence-corrected chi connectivity index (χ2v) is 6.55. The van der Waals surface area contributed by atoms with E-state index in [1.807, 2.05) is 48.5 Å². The van der Waals surface area contributed by atoms with Crippen molar-refractivity contribution < 1.29 is 10.2 Å². The summed E-state index contributed by atoms with van der Waals surface area (Å²) in [6, 6.07) is 22.1. The van der Waals surface area contributed by atoms with Crippen molar-refractivity contribution in [1.82, 2.24) is 4.98 Å². The number of phenolic OH excluding ortho intramolecular Hbond substituents is 2. The minimum atomic E-state index is 0.236. The molecule has 0 aliphatic rings. The molecule has 4 rings (SSSR count). The molecule has 0 bridgehead atoms. The lowest BCUT2D eigenvalue weighted by Crippen LogP contribution is -1.88. The predicted molar refractivity (Wildman–Crippen MR) is 104 cm³/mol. The van der Waals surface area contributed by atoms with E-state index < -0.39 is 0 Å². The molecule has 4 aromatic rings. The lowest BCUT2D eigenvalue weighted by molar-refractivity contribution is 0.475. The highest BCUT2D eigenvalue weighted by Crippen LogP contribution is 2.38. The fraction of sp³-hybridized carbons (Fsp3) is 0. The maximum Gasteiger partial charge on any atom is 0.123 e. The van der Waals surface area contributed by atoms with Crippen LogP contribution in [0.4, 0.5) is 0 Å². The van der Waals surface area contributed by atoms with E-state index in [0.29, 0.717) is 0 Å². The van der Waals surface area contributed by atoms with E-state index in [0.717, 1.165) is 37.8 Å². The number of hydrogen-bond donors (Lipinski definition) is 2. The van der Waals surface area contributed by atoms with Crippen molar-refractivity contribution in [3.63, 3.8) is 0 Å². The molecule has 0 aliphatic carbocycles. The predicted octanol–water partition coefficient (Wildman–Crippen LogP) is 5.74. The highest BCUT2D eigenvalue weighted by atomic mass is 79.9. The van der Waals surface area contributed by atoms with Gasteiger partial charge in [-0.25, -0.2) is 4.98 Å². The highest BCUT2D eigenvalue weighted by Gasteiger charge is 2.12. The summed E-state index contributed by atoms with van der Waals surface area (Å²) in [6.07, 6.45) is 0. The van der Waals surface area contributed by atoms with Gasteiger partial charge in [-0.1, -0.05) is 24.3 Å². The zero-order valence-corrected chi connectivity index (χ0v) is 14.7. The number of para-hydroxylation sites is 1. The van der Waals surface area contributed by atoms with E-state index in [-0.39, 0.29) is 11.5 Å². The molecule has 3 nitrogen and oxygen atoms in total. The molecule has 0 radical (unpaired) electrons. The summed E-state index contributed by atoms with van der Waals surface area (Å²) in [5.41, 5.74) is 4.34. The van der Waals surface area contributed by atoms with Crippen LogP contribution in [0.5, 0.6) is 11.5 Å². The van der Waals surface area contributed by atoms with Crippen LogP contribution >= 0.6 is 15.9 Å². The van der Waals surface area contributed by atoms with Crippen LogP contribution in [0.1, 0.15) is 0 Å². The Balaban J connectivity index is 1.85. The van der Waals surface area contributed by atoms with Gasteiger partial charge < -0.3 is 10.2 Å². The molecule has 0 saturated heterocycles. The Bertz CT molecular complexity index is 1070. The molecule has 1 aromatic heterocycles. The quantitative estimate of drug-likeness (QED) is 0.457. The SMILES string of the molecule is Oc1ccc(-c2ccc3c(Br)c(-c4ccccc4O)ccc3n2)cc1. The van der Waals surface area contributed by atoms with E-state index in [1.165, 1.54) is 0 Å². The third-order valence-electron chi connectivity index (χ3n) is 4.16. The van der Waals surface area contributed by atoms with E-state index in [1.54, 1.807) is 24.3 Å². The summed E-state index contributed by atoms with van der Waals surface area (Å²) in [6.45, 7) is 0. The monoisotopic (exact) mass is 391 g/mol. The van der Waals surface area contributed by atoms with E-state index in [9.17, 15) is 10.2 Å². The Labute approximate surface area is 153 Å². The minimum Gasteiger partial charge on any atom is -0.508 e. The van der Waals surface area contributed by atoms with Gasteiger partial charge in [-0.05, 0) is 64.5 Å². The zero-order valence-electron chi connectivity index (χ0n) is 13.1. The minimum absolute atomic E-state index is 0.236. The number of phenols is 2. The summed E-state index contributed by atoms with van der Waals surface area (Å²) in [5.74, 6) is 0.482. The van der Waals surface area contributed by atoms with Gasteiger partial charge in [0.1, 0.15) is 11.5 Å².